The van der Waals surface area contributed by atoms with Gasteiger partial charge in [0.1, 0.15) is 0 Å². The first-order valence-corrected chi connectivity index (χ1v) is 40.5. The number of carbonyl (C=O) groups excluding carboxylic acids is 2. The fraction of sp³-hybridized carbons (Fsp3) is 0.711. The van der Waals surface area contributed by atoms with E-state index in [0.717, 1.165) is 76.5 Å². The Morgan fingerprint density at radius 3 is 1.30 bits per heavy atom. The van der Waals surface area contributed by atoms with Crippen LogP contribution in [-0.2, 0) is 38.3 Å². The molecule has 3 aromatic rings. The van der Waals surface area contributed by atoms with E-state index in [9.17, 15) is 24.9 Å². The van der Waals surface area contributed by atoms with Crippen LogP contribution in [0.3, 0.4) is 0 Å². The first-order valence-electron chi connectivity index (χ1n) is 40.5. The highest BCUT2D eigenvalue weighted by Gasteiger charge is 2.61. The average molecular weight is 1370 g/mol. The number of para-hydroxylation sites is 3. The lowest BCUT2D eigenvalue weighted by atomic mass is 9.49. The maximum atomic E-state index is 11.8. The highest BCUT2D eigenvalue weighted by atomic mass is 16.5. The summed E-state index contributed by atoms with van der Waals surface area (Å²) in [5, 5.41) is 34.4. The largest absolute Gasteiger partial charge is 0.466 e. The van der Waals surface area contributed by atoms with Crippen LogP contribution in [-0.4, -0.2) is 92.5 Å². The van der Waals surface area contributed by atoms with E-state index in [-0.39, 0.29) is 64.2 Å². The van der Waals surface area contributed by atoms with Crippen molar-refractivity contribution in [2.24, 2.45) is 115 Å². The smallest absolute Gasteiger partial charge is 0.302 e. The monoisotopic (exact) mass is 1370 g/mol. The number of aliphatic hydroxyl groups is 3. The molecular formula is C90H133N3O7. The first kappa shape index (κ1) is 74.8. The van der Waals surface area contributed by atoms with Crippen molar-refractivity contribution in [3.8, 4) is 0 Å². The Balaban J connectivity index is 0.000000134. The second-order valence-corrected chi connectivity index (χ2v) is 36.7. The van der Waals surface area contributed by atoms with Crippen LogP contribution in [0.2, 0.25) is 0 Å². The second-order valence-electron chi connectivity index (χ2n) is 36.7. The molecule has 9 saturated carbocycles. The molecule has 0 aromatic heterocycles. The van der Waals surface area contributed by atoms with Crippen molar-refractivity contribution >= 4 is 29.0 Å². The summed E-state index contributed by atoms with van der Waals surface area (Å²) < 4.78 is 11.2. The normalized spacial score (nSPS) is 39.9. The van der Waals surface area contributed by atoms with Gasteiger partial charge in [-0.3, -0.25) is 9.59 Å². The number of hydrogen-bond donors (Lipinski definition) is 4. The van der Waals surface area contributed by atoms with Crippen molar-refractivity contribution in [3.05, 3.63) is 126 Å². The van der Waals surface area contributed by atoms with Gasteiger partial charge in [0.05, 0.1) is 19.3 Å². The molecule has 12 aliphatic rings. The Kier molecular flexibility index (Phi) is 22.9. The highest BCUT2D eigenvalue weighted by Crippen LogP contribution is 2.67. The number of anilines is 3. The van der Waals surface area contributed by atoms with Crippen molar-refractivity contribution in [1.29, 1.82) is 0 Å². The molecule has 0 amide bonds. The van der Waals surface area contributed by atoms with Gasteiger partial charge in [-0.2, -0.15) is 0 Å². The Bertz CT molecular complexity index is 3360. The molecule has 10 nitrogen and oxygen atoms in total. The number of rotatable bonds is 13. The maximum absolute atomic E-state index is 11.8. The number of ether oxygens (including phenoxy) is 2. The van der Waals surface area contributed by atoms with Crippen LogP contribution < -0.4 is 15.1 Å². The Morgan fingerprint density at radius 1 is 0.470 bits per heavy atom. The number of fused-ring (bicyclic) bond motifs is 6. The van der Waals surface area contributed by atoms with Crippen LogP contribution in [0.1, 0.15) is 221 Å². The molecule has 0 radical (unpaired) electrons. The third-order valence-corrected chi connectivity index (χ3v) is 31.8. The maximum Gasteiger partial charge on any atom is 0.302 e. The molecule has 9 fully saturated rings. The van der Waals surface area contributed by atoms with E-state index in [1.165, 1.54) is 180 Å². The molecule has 0 spiro atoms. The van der Waals surface area contributed by atoms with E-state index in [2.05, 4.69) is 163 Å². The van der Waals surface area contributed by atoms with Crippen LogP contribution >= 0.6 is 0 Å². The summed E-state index contributed by atoms with van der Waals surface area (Å²) in [7, 11) is 0. The van der Waals surface area contributed by atoms with Gasteiger partial charge in [0, 0.05) is 76.8 Å². The minimum atomic E-state index is -0.241. The van der Waals surface area contributed by atoms with Gasteiger partial charge in [-0.25, -0.2) is 0 Å². The molecule has 0 bridgehead atoms. The van der Waals surface area contributed by atoms with Crippen molar-refractivity contribution in [1.82, 2.24) is 0 Å². The van der Waals surface area contributed by atoms with E-state index < -0.39 is 0 Å². The molecule has 4 N–H and O–H groups in total. The van der Waals surface area contributed by atoms with Gasteiger partial charge >= 0.3 is 11.9 Å². The highest BCUT2D eigenvalue weighted by molar-refractivity contribution is 5.66. The fourth-order valence-corrected chi connectivity index (χ4v) is 25.1. The van der Waals surface area contributed by atoms with Gasteiger partial charge in [-0.15, -0.1) is 0 Å². The zero-order valence-corrected chi connectivity index (χ0v) is 63.9. The summed E-state index contributed by atoms with van der Waals surface area (Å²) in [6.45, 7) is 43.4. The number of carbonyl (C=O) groups is 2. The molecule has 100 heavy (non-hydrogen) atoms. The molecule has 2 unspecified atom stereocenters. The van der Waals surface area contributed by atoms with Gasteiger partial charge in [-0.05, 0) is 291 Å². The third kappa shape index (κ3) is 14.5. The average Bonchev–Trinajstić information content (AvgIpc) is 1.38. The van der Waals surface area contributed by atoms with Crippen molar-refractivity contribution in [2.75, 3.05) is 74.3 Å². The number of aliphatic hydroxyl groups excluding tert-OH is 3. The quantitative estimate of drug-likeness (QED) is 0.0969. The summed E-state index contributed by atoms with van der Waals surface area (Å²) in [6, 6.07) is 26.5. The van der Waals surface area contributed by atoms with Gasteiger partial charge in [0.25, 0.3) is 0 Å². The zero-order valence-electron chi connectivity index (χ0n) is 63.9. The number of nitrogens with one attached hydrogen (secondary N) is 1. The summed E-state index contributed by atoms with van der Waals surface area (Å²) in [5.41, 5.74) is 14.4. The van der Waals surface area contributed by atoms with E-state index in [1.807, 2.05) is 0 Å². The van der Waals surface area contributed by atoms with Crippen LogP contribution in [0.5, 0.6) is 0 Å². The fourth-order valence-electron chi connectivity index (χ4n) is 25.1. The summed E-state index contributed by atoms with van der Waals surface area (Å²) >= 11 is 0. The topological polar surface area (TPSA) is 132 Å². The summed E-state index contributed by atoms with van der Waals surface area (Å²) in [6.07, 6.45) is 27.9. The van der Waals surface area contributed by atoms with Crippen LogP contribution in [0, 0.1) is 115 Å². The molecule has 15 rings (SSSR count). The van der Waals surface area contributed by atoms with Gasteiger partial charge in [-0.1, -0.05) is 159 Å². The number of esters is 2. The minimum Gasteiger partial charge on any atom is -0.466 e. The summed E-state index contributed by atoms with van der Waals surface area (Å²) in [5.74, 6) is 7.61. The van der Waals surface area contributed by atoms with Crippen LogP contribution in [0.4, 0.5) is 17.1 Å². The lowest BCUT2D eigenvalue weighted by Crippen LogP contribution is -2.53. The molecule has 10 heteroatoms. The summed E-state index contributed by atoms with van der Waals surface area (Å²) in [4.78, 5) is 28.6. The van der Waals surface area contributed by atoms with Gasteiger partial charge < -0.3 is 39.9 Å². The van der Waals surface area contributed by atoms with Gasteiger partial charge in [0.2, 0.25) is 0 Å². The number of allylic oxidation sites excluding steroid dienone is 3. The molecule has 9 aliphatic carbocycles. The lowest BCUT2D eigenvalue weighted by Gasteiger charge is -2.57. The van der Waals surface area contributed by atoms with Crippen LogP contribution in [0.25, 0.3) is 0 Å². The number of hydrogen-bond acceptors (Lipinski definition) is 10. The van der Waals surface area contributed by atoms with Crippen molar-refractivity contribution in [3.63, 3.8) is 0 Å². The Labute approximate surface area is 605 Å². The standard InChI is InChI=1S/C31H45NO2.C28H41NO2.C23H38O3.C8H9N/c1-21-12-15-31(5,25(18-21)20-34-23(3)33)28-13-16-30(4)22(2)10-11-27(30)26(28)19-32-17-14-24-8-6-7-9-29(24)32;1-19-8-9-24-23(17-29-15-12-20-6-4-5-7-26(20)29)25(11-14-27(19,24)2)28(3)13-10-22(31)16-21(28)18-30;1-15-8-10-23(5,18(12-15)14-26-17(3)25)21-9-11-22(4)16(2)6-7-20(22)19(21)13-24;1-2-4-8-7(3-1)5-6-9-8/h6-9,21,25-28H,2,10-20H2,1,3-5H3;4-7,21-25,30-31H,1,8-18H2,2-3H3;15,18-21,24H,2,6-14H2,1,3-5H3;1-4,9H,5-6H2/t21-,25+,26-,27-,28-,30+,31-;21-,22+,23+,24?,25?,27-,28+;15-,18+,19-,20-,21-,22+,23-;/m010./s1. The predicted octanol–water partition coefficient (Wildman–Crippen LogP) is 18.9. The molecule has 0 saturated heterocycles. The van der Waals surface area contributed by atoms with E-state index in [1.54, 1.807) is 6.92 Å². The Hall–Kier alpha value is -4.90. The van der Waals surface area contributed by atoms with E-state index in [4.69, 9.17) is 9.47 Å². The van der Waals surface area contributed by atoms with E-state index >= 15 is 0 Å². The molecule has 550 valence electrons. The predicted molar refractivity (Wildman–Crippen MR) is 410 cm³/mol. The Morgan fingerprint density at radius 2 is 0.870 bits per heavy atom. The zero-order chi connectivity index (χ0) is 71.1. The van der Waals surface area contributed by atoms with E-state index in [0.29, 0.717) is 83.7 Å². The molecule has 3 aliphatic heterocycles. The SMILES string of the molecule is C=C1CCC2[C@H](CN3CCc4ccccc43)C([C@@]3(C)CC[C@H](O)C[C@@H]3CO)CC[C@]12C.C=C1CC[C@H]2[C@H](CN3CCc4ccccc43)[C@@H]([C@@]3(C)CC[C@H](C)C[C@@H]3COC(C)=O)CC[C@]12C.C=C1CC[C@H]2[C@H](CO)[C@@H]([C@@]3(C)CC[C@H](C)C[C@@H]3COC(C)=O)CC[C@]12C.c1ccc2c(c1)CCN2. The number of nitrogens with zero attached hydrogens (tertiary/aromatic N) is 2. The molecule has 21 atom stereocenters. The molecule has 3 heterocycles. The van der Waals surface area contributed by atoms with Crippen LogP contribution in [0.15, 0.2) is 109 Å². The third-order valence-electron chi connectivity index (χ3n) is 31.8. The number of benzene rings is 3. The lowest BCUT2D eigenvalue weighted by molar-refractivity contribution is -0.149. The minimum absolute atomic E-state index is 0.114. The second kappa shape index (κ2) is 30.7. The van der Waals surface area contributed by atoms with Crippen molar-refractivity contribution in [2.45, 2.75) is 229 Å². The van der Waals surface area contributed by atoms with Crippen molar-refractivity contribution < 1.29 is 34.4 Å². The molecular weight excluding hydrogens is 1240 g/mol. The molecule has 3 aromatic carbocycles. The van der Waals surface area contributed by atoms with Gasteiger partial charge in [0.15, 0.2) is 0 Å². The first-order chi connectivity index (χ1) is 47.8.